The molecule has 2 heterocycles. The molecule has 7 heteroatoms. The Balaban J connectivity index is 1.32. The average molecular weight is 387 g/mol. The van der Waals surface area contributed by atoms with Gasteiger partial charge in [-0.25, -0.2) is 9.37 Å². The van der Waals surface area contributed by atoms with Crippen molar-refractivity contribution >= 4 is 34.5 Å². The quantitative estimate of drug-likeness (QED) is 0.715. The molecule has 0 unspecified atom stereocenters. The number of aromatic amines is 1. The molecule has 0 spiro atoms. The summed E-state index contributed by atoms with van der Waals surface area (Å²) in [6.07, 6.45) is 1.54. The summed E-state index contributed by atoms with van der Waals surface area (Å²) in [4.78, 5) is 22.5. The minimum absolute atomic E-state index is 0.0134. The smallest absolute Gasteiger partial charge is 0.223 e. The van der Waals surface area contributed by atoms with Gasteiger partial charge in [0.15, 0.2) is 0 Å². The monoisotopic (exact) mass is 386 g/mol. The van der Waals surface area contributed by atoms with Crippen LogP contribution in [0.3, 0.4) is 0 Å². The van der Waals surface area contributed by atoms with Gasteiger partial charge in [-0.1, -0.05) is 23.7 Å². The van der Waals surface area contributed by atoms with E-state index in [-0.39, 0.29) is 17.6 Å². The Morgan fingerprint density at radius 2 is 1.96 bits per heavy atom. The zero-order chi connectivity index (χ0) is 18.8. The first-order chi connectivity index (χ1) is 13.1. The Morgan fingerprint density at radius 3 is 2.70 bits per heavy atom. The highest BCUT2D eigenvalue weighted by atomic mass is 35.5. The molecular formula is C20H20ClFN4O. The van der Waals surface area contributed by atoms with Crippen molar-refractivity contribution in [3.8, 4) is 0 Å². The molecule has 5 nitrogen and oxygen atoms in total. The van der Waals surface area contributed by atoms with Crippen molar-refractivity contribution in [2.75, 3.05) is 18.0 Å². The highest BCUT2D eigenvalue weighted by Crippen LogP contribution is 2.25. The van der Waals surface area contributed by atoms with Crippen LogP contribution in [0, 0.1) is 11.7 Å². The Labute approximate surface area is 161 Å². The lowest BCUT2D eigenvalue weighted by molar-refractivity contribution is -0.125. The Hall–Kier alpha value is -2.60. The molecular weight excluding hydrogens is 367 g/mol. The molecule has 1 aliphatic rings. The first kappa shape index (κ1) is 17.8. The van der Waals surface area contributed by atoms with Crippen LogP contribution in [-0.4, -0.2) is 29.0 Å². The zero-order valence-electron chi connectivity index (χ0n) is 14.7. The molecule has 1 saturated heterocycles. The number of aromatic nitrogens is 2. The number of piperidine rings is 1. The third-order valence-corrected chi connectivity index (χ3v) is 5.21. The fourth-order valence-corrected chi connectivity index (χ4v) is 3.58. The minimum atomic E-state index is -0.273. The lowest BCUT2D eigenvalue weighted by Gasteiger charge is -2.31. The van der Waals surface area contributed by atoms with Crippen LogP contribution in [0.25, 0.3) is 11.0 Å². The number of halogens is 2. The zero-order valence-corrected chi connectivity index (χ0v) is 15.5. The van der Waals surface area contributed by atoms with Crippen LogP contribution in [0.2, 0.25) is 5.02 Å². The average Bonchev–Trinajstić information content (AvgIpc) is 3.10. The second-order valence-electron chi connectivity index (χ2n) is 6.83. The fraction of sp³-hybridized carbons (Fsp3) is 0.300. The Bertz CT molecular complexity index is 948. The number of nitrogens with zero attached hydrogens (tertiary/aromatic N) is 2. The van der Waals surface area contributed by atoms with Crippen molar-refractivity contribution < 1.29 is 9.18 Å². The third-order valence-electron chi connectivity index (χ3n) is 4.98. The van der Waals surface area contributed by atoms with Gasteiger partial charge in [0.25, 0.3) is 0 Å². The lowest BCUT2D eigenvalue weighted by Crippen LogP contribution is -2.40. The maximum atomic E-state index is 12.9. The summed E-state index contributed by atoms with van der Waals surface area (Å²) in [5, 5.41) is 3.63. The van der Waals surface area contributed by atoms with Crippen LogP contribution in [0.1, 0.15) is 18.4 Å². The number of hydrogen-bond acceptors (Lipinski definition) is 3. The molecule has 0 aliphatic carbocycles. The van der Waals surface area contributed by atoms with Crippen LogP contribution in [0.5, 0.6) is 0 Å². The van der Waals surface area contributed by atoms with Gasteiger partial charge >= 0.3 is 0 Å². The van der Waals surface area contributed by atoms with E-state index in [0.29, 0.717) is 11.6 Å². The number of fused-ring (bicyclic) bond motifs is 1. The van der Waals surface area contributed by atoms with Gasteiger partial charge in [-0.05, 0) is 48.7 Å². The summed E-state index contributed by atoms with van der Waals surface area (Å²) in [7, 11) is 0. The summed E-state index contributed by atoms with van der Waals surface area (Å²) >= 11 is 6.02. The van der Waals surface area contributed by atoms with E-state index < -0.39 is 0 Å². The van der Waals surface area contributed by atoms with Crippen molar-refractivity contribution in [1.82, 2.24) is 15.3 Å². The summed E-state index contributed by atoms with van der Waals surface area (Å²) in [6, 6.07) is 11.8. The van der Waals surface area contributed by atoms with Crippen molar-refractivity contribution in [3.05, 3.63) is 58.9 Å². The van der Waals surface area contributed by atoms with E-state index in [1.54, 1.807) is 12.1 Å². The molecule has 0 atom stereocenters. The number of benzene rings is 2. The first-order valence-corrected chi connectivity index (χ1v) is 9.39. The highest BCUT2D eigenvalue weighted by molar-refractivity contribution is 6.31. The van der Waals surface area contributed by atoms with E-state index in [4.69, 9.17) is 11.6 Å². The molecule has 27 heavy (non-hydrogen) atoms. The molecule has 1 aromatic heterocycles. The molecule has 0 radical (unpaired) electrons. The summed E-state index contributed by atoms with van der Waals surface area (Å²) in [6.45, 7) is 1.95. The third kappa shape index (κ3) is 4.06. The predicted molar refractivity (Wildman–Crippen MR) is 104 cm³/mol. The number of amides is 1. The van der Waals surface area contributed by atoms with Crippen LogP contribution < -0.4 is 10.2 Å². The lowest BCUT2D eigenvalue weighted by atomic mass is 9.96. The topological polar surface area (TPSA) is 61.0 Å². The van der Waals surface area contributed by atoms with Crippen LogP contribution in [0.4, 0.5) is 10.3 Å². The van der Waals surface area contributed by atoms with E-state index in [0.717, 1.165) is 48.5 Å². The van der Waals surface area contributed by atoms with Gasteiger partial charge in [0.1, 0.15) is 5.82 Å². The van der Waals surface area contributed by atoms with Gasteiger partial charge in [-0.2, -0.15) is 0 Å². The standard InChI is InChI=1S/C20H20ClFN4O/c21-15-3-6-17-18(11-15)25-20(24-17)26-9-7-14(8-10-26)19(27)23-12-13-1-4-16(22)5-2-13/h1-6,11,14H,7-10,12H2,(H,23,27)(H,24,25). The van der Waals surface area contributed by atoms with Crippen molar-refractivity contribution in [3.63, 3.8) is 0 Å². The number of H-pyrrole nitrogens is 1. The molecule has 2 N–H and O–H groups in total. The minimum Gasteiger partial charge on any atom is -0.352 e. The van der Waals surface area contributed by atoms with Gasteiger partial charge in [0.05, 0.1) is 11.0 Å². The second-order valence-corrected chi connectivity index (χ2v) is 7.26. The summed E-state index contributed by atoms with van der Waals surface area (Å²) in [5.74, 6) is 0.582. The predicted octanol–water partition coefficient (Wildman–Crippen LogP) is 3.89. The normalized spacial score (nSPS) is 15.3. The maximum absolute atomic E-state index is 12.9. The molecule has 1 amide bonds. The number of rotatable bonds is 4. The van der Waals surface area contributed by atoms with Gasteiger partial charge < -0.3 is 15.2 Å². The summed E-state index contributed by atoms with van der Waals surface area (Å²) < 4.78 is 12.9. The molecule has 4 rings (SSSR count). The van der Waals surface area contributed by atoms with Crippen molar-refractivity contribution in [2.45, 2.75) is 19.4 Å². The van der Waals surface area contributed by atoms with Crippen LogP contribution in [-0.2, 0) is 11.3 Å². The Morgan fingerprint density at radius 1 is 1.22 bits per heavy atom. The summed E-state index contributed by atoms with van der Waals surface area (Å²) in [5.41, 5.74) is 2.69. The number of anilines is 1. The maximum Gasteiger partial charge on any atom is 0.223 e. The van der Waals surface area contributed by atoms with E-state index in [1.165, 1.54) is 12.1 Å². The molecule has 3 aromatic rings. The van der Waals surface area contributed by atoms with E-state index in [2.05, 4.69) is 20.2 Å². The molecule has 2 aromatic carbocycles. The Kier molecular flexibility index (Phi) is 4.99. The highest BCUT2D eigenvalue weighted by Gasteiger charge is 2.26. The number of carbonyl (C=O) groups excluding carboxylic acids is 1. The largest absolute Gasteiger partial charge is 0.352 e. The van der Waals surface area contributed by atoms with E-state index in [1.807, 2.05) is 18.2 Å². The number of imidazole rings is 1. The molecule has 0 saturated carbocycles. The number of hydrogen-bond donors (Lipinski definition) is 2. The van der Waals surface area contributed by atoms with Crippen molar-refractivity contribution in [2.24, 2.45) is 5.92 Å². The van der Waals surface area contributed by atoms with Crippen LogP contribution in [0.15, 0.2) is 42.5 Å². The molecule has 1 fully saturated rings. The number of carbonyl (C=O) groups is 1. The first-order valence-electron chi connectivity index (χ1n) is 9.01. The molecule has 0 bridgehead atoms. The van der Waals surface area contributed by atoms with Crippen molar-refractivity contribution in [1.29, 1.82) is 0 Å². The number of nitrogens with one attached hydrogen (secondary N) is 2. The van der Waals surface area contributed by atoms with Gasteiger partial charge in [0.2, 0.25) is 11.9 Å². The SMILES string of the molecule is O=C(NCc1ccc(F)cc1)C1CCN(c2nc3ccc(Cl)cc3[nH]2)CC1. The second kappa shape index (κ2) is 7.56. The van der Waals surface area contributed by atoms with Crippen LogP contribution >= 0.6 is 11.6 Å². The van der Waals surface area contributed by atoms with E-state index in [9.17, 15) is 9.18 Å². The van der Waals surface area contributed by atoms with Gasteiger partial charge in [0, 0.05) is 30.6 Å². The van der Waals surface area contributed by atoms with Gasteiger partial charge in [-0.3, -0.25) is 4.79 Å². The molecule has 140 valence electrons. The fourth-order valence-electron chi connectivity index (χ4n) is 3.41. The molecule has 1 aliphatic heterocycles. The van der Waals surface area contributed by atoms with E-state index >= 15 is 0 Å². The van der Waals surface area contributed by atoms with Gasteiger partial charge in [-0.15, -0.1) is 0 Å².